The molecule has 0 bridgehead atoms. The topological polar surface area (TPSA) is 26.0 Å². The summed E-state index contributed by atoms with van der Waals surface area (Å²) in [6.45, 7) is 4.33. The number of anilines is 1. The van der Waals surface area contributed by atoms with Gasteiger partial charge in [0.05, 0.1) is 10.4 Å². The molecule has 2 N–H and O–H groups in total. The number of thiophene rings is 1. The SMILES string of the molecule is CCc1ccc2c(CC)csc2c1N. The van der Waals surface area contributed by atoms with Crippen molar-refractivity contribution >= 4 is 27.1 Å². The molecule has 0 fully saturated rings. The molecule has 1 heterocycles. The van der Waals surface area contributed by atoms with Crippen molar-refractivity contribution in [2.24, 2.45) is 0 Å². The summed E-state index contributed by atoms with van der Waals surface area (Å²) in [5.74, 6) is 0. The van der Waals surface area contributed by atoms with E-state index < -0.39 is 0 Å². The molecule has 0 aliphatic rings. The van der Waals surface area contributed by atoms with Crippen LogP contribution in [0.5, 0.6) is 0 Å². The molecule has 74 valence electrons. The van der Waals surface area contributed by atoms with Crippen LogP contribution in [0.3, 0.4) is 0 Å². The Morgan fingerprint density at radius 2 is 1.86 bits per heavy atom. The van der Waals surface area contributed by atoms with Crippen LogP contribution in [0.25, 0.3) is 10.1 Å². The highest BCUT2D eigenvalue weighted by Crippen LogP contribution is 2.33. The van der Waals surface area contributed by atoms with Crippen molar-refractivity contribution in [3.05, 3.63) is 28.6 Å². The van der Waals surface area contributed by atoms with Gasteiger partial charge < -0.3 is 5.73 Å². The molecular weight excluding hydrogens is 190 g/mol. The Hall–Kier alpha value is -1.02. The lowest BCUT2D eigenvalue weighted by Gasteiger charge is -2.04. The quantitative estimate of drug-likeness (QED) is 0.745. The number of fused-ring (bicyclic) bond motifs is 1. The fourth-order valence-electron chi connectivity index (χ4n) is 1.80. The summed E-state index contributed by atoms with van der Waals surface area (Å²) in [5.41, 5.74) is 9.77. The van der Waals surface area contributed by atoms with Crippen LogP contribution in [0.2, 0.25) is 0 Å². The smallest absolute Gasteiger partial charge is 0.0577 e. The van der Waals surface area contributed by atoms with E-state index >= 15 is 0 Å². The van der Waals surface area contributed by atoms with Crippen molar-refractivity contribution in [3.8, 4) is 0 Å². The molecule has 0 saturated carbocycles. The van der Waals surface area contributed by atoms with Crippen molar-refractivity contribution < 1.29 is 0 Å². The molecule has 2 rings (SSSR count). The van der Waals surface area contributed by atoms with Gasteiger partial charge in [0.15, 0.2) is 0 Å². The highest BCUT2D eigenvalue weighted by atomic mass is 32.1. The molecule has 0 atom stereocenters. The predicted molar refractivity (Wildman–Crippen MR) is 65.0 cm³/mol. The van der Waals surface area contributed by atoms with Gasteiger partial charge in [-0.25, -0.2) is 0 Å². The molecule has 14 heavy (non-hydrogen) atoms. The van der Waals surface area contributed by atoms with Gasteiger partial charge in [0.25, 0.3) is 0 Å². The molecule has 0 radical (unpaired) electrons. The van der Waals surface area contributed by atoms with E-state index in [0.29, 0.717) is 0 Å². The molecule has 0 unspecified atom stereocenters. The first-order valence-electron chi connectivity index (χ1n) is 5.05. The summed E-state index contributed by atoms with van der Waals surface area (Å²) in [5, 5.41) is 3.56. The van der Waals surface area contributed by atoms with Crippen LogP contribution in [0.15, 0.2) is 17.5 Å². The van der Waals surface area contributed by atoms with Gasteiger partial charge in [-0.2, -0.15) is 0 Å². The fraction of sp³-hybridized carbons (Fsp3) is 0.333. The van der Waals surface area contributed by atoms with Gasteiger partial charge in [0, 0.05) is 0 Å². The lowest BCUT2D eigenvalue weighted by atomic mass is 10.1. The van der Waals surface area contributed by atoms with Crippen LogP contribution < -0.4 is 5.73 Å². The van der Waals surface area contributed by atoms with Crippen LogP contribution in [0.1, 0.15) is 25.0 Å². The summed E-state index contributed by atoms with van der Waals surface area (Å²) >= 11 is 1.77. The Balaban J connectivity index is 2.72. The summed E-state index contributed by atoms with van der Waals surface area (Å²) in [6.07, 6.45) is 2.10. The summed E-state index contributed by atoms with van der Waals surface area (Å²) in [7, 11) is 0. The number of aryl methyl sites for hydroxylation is 2. The van der Waals surface area contributed by atoms with E-state index in [2.05, 4.69) is 31.4 Å². The minimum Gasteiger partial charge on any atom is -0.397 e. The standard InChI is InChI=1S/C12H15NS/c1-3-8-5-6-10-9(4-2)7-14-12(10)11(8)13/h5-7H,3-4,13H2,1-2H3. The number of hydrogen-bond acceptors (Lipinski definition) is 2. The molecular formula is C12H15NS. The maximum Gasteiger partial charge on any atom is 0.0577 e. The second-order valence-corrected chi connectivity index (χ2v) is 4.36. The van der Waals surface area contributed by atoms with Gasteiger partial charge in [-0.05, 0) is 34.7 Å². The summed E-state index contributed by atoms with van der Waals surface area (Å²) < 4.78 is 1.27. The van der Waals surface area contributed by atoms with E-state index in [4.69, 9.17) is 5.73 Å². The largest absolute Gasteiger partial charge is 0.397 e. The zero-order valence-electron chi connectivity index (χ0n) is 8.63. The molecule has 0 aliphatic heterocycles. The van der Waals surface area contributed by atoms with E-state index in [-0.39, 0.29) is 0 Å². The molecule has 0 amide bonds. The van der Waals surface area contributed by atoms with Crippen LogP contribution in [0.4, 0.5) is 5.69 Å². The number of benzene rings is 1. The fourth-order valence-corrected chi connectivity index (χ4v) is 2.93. The number of nitrogen functional groups attached to an aromatic ring is 1. The predicted octanol–water partition coefficient (Wildman–Crippen LogP) is 3.61. The number of hydrogen-bond donors (Lipinski definition) is 1. The third-order valence-electron chi connectivity index (χ3n) is 2.71. The zero-order valence-corrected chi connectivity index (χ0v) is 9.45. The Morgan fingerprint density at radius 3 is 2.50 bits per heavy atom. The van der Waals surface area contributed by atoms with Crippen molar-refractivity contribution in [2.75, 3.05) is 5.73 Å². The van der Waals surface area contributed by atoms with Crippen molar-refractivity contribution in [3.63, 3.8) is 0 Å². The van der Waals surface area contributed by atoms with Crippen LogP contribution in [-0.4, -0.2) is 0 Å². The van der Waals surface area contributed by atoms with E-state index in [0.717, 1.165) is 18.5 Å². The van der Waals surface area contributed by atoms with Gasteiger partial charge in [0.2, 0.25) is 0 Å². The van der Waals surface area contributed by atoms with E-state index in [1.54, 1.807) is 11.3 Å². The Morgan fingerprint density at radius 1 is 1.14 bits per heavy atom. The second kappa shape index (κ2) is 3.62. The Kier molecular flexibility index (Phi) is 2.46. The van der Waals surface area contributed by atoms with E-state index in [1.165, 1.54) is 21.2 Å². The third-order valence-corrected chi connectivity index (χ3v) is 3.79. The number of nitrogens with two attached hydrogens (primary N) is 1. The maximum atomic E-state index is 6.11. The maximum absolute atomic E-state index is 6.11. The average molecular weight is 205 g/mol. The summed E-state index contributed by atoms with van der Waals surface area (Å²) in [6, 6.07) is 4.36. The minimum absolute atomic E-state index is 0.981. The monoisotopic (exact) mass is 205 g/mol. The lowest BCUT2D eigenvalue weighted by molar-refractivity contribution is 1.15. The van der Waals surface area contributed by atoms with Crippen molar-refractivity contribution in [2.45, 2.75) is 26.7 Å². The zero-order chi connectivity index (χ0) is 10.1. The Bertz CT molecular complexity index is 457. The average Bonchev–Trinajstić information content (AvgIpc) is 2.62. The molecule has 0 spiro atoms. The molecule has 0 aliphatic carbocycles. The van der Waals surface area contributed by atoms with Gasteiger partial charge in [0.1, 0.15) is 0 Å². The van der Waals surface area contributed by atoms with Gasteiger partial charge in [-0.1, -0.05) is 26.0 Å². The van der Waals surface area contributed by atoms with Crippen molar-refractivity contribution in [1.82, 2.24) is 0 Å². The minimum atomic E-state index is 0.981. The second-order valence-electron chi connectivity index (χ2n) is 3.48. The van der Waals surface area contributed by atoms with E-state index in [1.807, 2.05) is 0 Å². The van der Waals surface area contributed by atoms with Gasteiger partial charge in [-0.3, -0.25) is 0 Å². The molecule has 2 aromatic rings. The van der Waals surface area contributed by atoms with Crippen LogP contribution in [0, 0.1) is 0 Å². The molecule has 1 aromatic carbocycles. The first-order valence-corrected chi connectivity index (χ1v) is 5.93. The summed E-state index contributed by atoms with van der Waals surface area (Å²) in [4.78, 5) is 0. The lowest BCUT2D eigenvalue weighted by Crippen LogP contribution is -1.92. The van der Waals surface area contributed by atoms with Gasteiger partial charge in [-0.15, -0.1) is 11.3 Å². The number of rotatable bonds is 2. The molecule has 1 aromatic heterocycles. The highest BCUT2D eigenvalue weighted by molar-refractivity contribution is 7.18. The van der Waals surface area contributed by atoms with E-state index in [9.17, 15) is 0 Å². The first kappa shape index (κ1) is 9.53. The molecule has 2 heteroatoms. The Labute approximate surface area is 88.6 Å². The van der Waals surface area contributed by atoms with Crippen LogP contribution in [-0.2, 0) is 12.8 Å². The first-order chi connectivity index (χ1) is 6.77. The van der Waals surface area contributed by atoms with Gasteiger partial charge >= 0.3 is 0 Å². The highest BCUT2D eigenvalue weighted by Gasteiger charge is 2.07. The van der Waals surface area contributed by atoms with Crippen molar-refractivity contribution in [1.29, 1.82) is 0 Å². The third kappa shape index (κ3) is 1.30. The van der Waals surface area contributed by atoms with Crippen LogP contribution >= 0.6 is 11.3 Å². The molecule has 0 saturated heterocycles. The molecule has 1 nitrogen and oxygen atoms in total. The normalized spacial score (nSPS) is 11.0.